The summed E-state index contributed by atoms with van der Waals surface area (Å²) in [6.07, 6.45) is 0. The summed E-state index contributed by atoms with van der Waals surface area (Å²) in [5.74, 6) is 0. The van der Waals surface area contributed by atoms with Crippen LogP contribution in [0.5, 0.6) is 0 Å². The van der Waals surface area contributed by atoms with Gasteiger partial charge in [0.2, 0.25) is 0 Å². The van der Waals surface area contributed by atoms with E-state index in [-0.39, 0.29) is 0 Å². The molecule has 0 radical (unpaired) electrons. The molecule has 8 aromatic rings. The normalized spacial score (nSPS) is 13.7. The summed E-state index contributed by atoms with van der Waals surface area (Å²) < 4.78 is 6.24. The minimum atomic E-state index is -0.423. The van der Waals surface area contributed by atoms with Crippen molar-refractivity contribution in [3.63, 3.8) is 0 Å². The van der Waals surface area contributed by atoms with E-state index < -0.39 is 5.41 Å². The van der Waals surface area contributed by atoms with Crippen LogP contribution in [0.3, 0.4) is 0 Å². The second-order valence-electron chi connectivity index (χ2n) is 12.0. The van der Waals surface area contributed by atoms with Crippen molar-refractivity contribution in [3.05, 3.63) is 186 Å². The Morgan fingerprint density at radius 3 is 1.89 bits per heavy atom. The molecule has 10 rings (SSSR count). The average molecular weight is 606 g/mol. The SMILES string of the molecule is c1ccc(N(c2ccc3oc4ccccc4c3c2)c2cccc3c2Sc2ccccc2C32c3ccccc3-c3ccccc32)cc1. The Hall–Kier alpha value is -5.51. The van der Waals surface area contributed by atoms with Gasteiger partial charge in [0.1, 0.15) is 11.2 Å². The molecule has 0 saturated heterocycles. The topological polar surface area (TPSA) is 16.4 Å². The fourth-order valence-corrected chi connectivity index (χ4v) is 9.19. The standard InChI is InChI=1S/C43H27NOS/c1-2-13-28(14-3-1)44(29-25-26-40-33(27-29)32-17-6-10-23-39(32)45-40)38-22-12-21-37-42(38)46-41-24-11-9-20-36(41)43(37)34-18-7-4-15-30(34)31-16-5-8-19-35(31)43/h1-27H. The highest BCUT2D eigenvalue weighted by atomic mass is 32.2. The number of hydrogen-bond acceptors (Lipinski definition) is 3. The first kappa shape index (κ1) is 25.8. The molecule has 0 saturated carbocycles. The third-order valence-corrected chi connectivity index (χ3v) is 10.9. The van der Waals surface area contributed by atoms with Gasteiger partial charge in [-0.15, -0.1) is 0 Å². The van der Waals surface area contributed by atoms with E-state index in [0.29, 0.717) is 0 Å². The zero-order chi connectivity index (χ0) is 30.2. The van der Waals surface area contributed by atoms with E-state index in [1.807, 2.05) is 23.9 Å². The van der Waals surface area contributed by atoms with Crippen LogP contribution in [0.1, 0.15) is 22.3 Å². The molecule has 0 bridgehead atoms. The van der Waals surface area contributed by atoms with E-state index in [1.165, 1.54) is 43.2 Å². The smallest absolute Gasteiger partial charge is 0.135 e. The molecule has 0 amide bonds. The number of fused-ring (bicyclic) bond motifs is 12. The zero-order valence-corrected chi connectivity index (χ0v) is 25.7. The van der Waals surface area contributed by atoms with Gasteiger partial charge in [-0.2, -0.15) is 0 Å². The van der Waals surface area contributed by atoms with Gasteiger partial charge in [-0.1, -0.05) is 127 Å². The molecule has 46 heavy (non-hydrogen) atoms. The molecule has 216 valence electrons. The van der Waals surface area contributed by atoms with Gasteiger partial charge in [-0.3, -0.25) is 0 Å². The first-order valence-corrected chi connectivity index (χ1v) is 16.5. The Bertz CT molecular complexity index is 2430. The second-order valence-corrected chi connectivity index (χ2v) is 13.1. The molecule has 0 fully saturated rings. The van der Waals surface area contributed by atoms with Crippen LogP contribution in [0, 0.1) is 0 Å². The van der Waals surface area contributed by atoms with Crippen LogP contribution in [-0.4, -0.2) is 0 Å². The van der Waals surface area contributed by atoms with Gasteiger partial charge < -0.3 is 9.32 Å². The van der Waals surface area contributed by atoms with E-state index in [4.69, 9.17) is 4.42 Å². The lowest BCUT2D eigenvalue weighted by Gasteiger charge is -2.41. The first-order valence-electron chi connectivity index (χ1n) is 15.7. The number of nitrogens with zero attached hydrogens (tertiary/aromatic N) is 1. The minimum Gasteiger partial charge on any atom is -0.456 e. The summed E-state index contributed by atoms with van der Waals surface area (Å²) in [7, 11) is 0. The molecule has 2 heterocycles. The number of para-hydroxylation sites is 2. The highest BCUT2D eigenvalue weighted by Gasteiger charge is 2.50. The maximum Gasteiger partial charge on any atom is 0.135 e. The second kappa shape index (κ2) is 9.74. The van der Waals surface area contributed by atoms with Crippen LogP contribution in [0.15, 0.2) is 178 Å². The third-order valence-electron chi connectivity index (χ3n) is 9.73. The maximum atomic E-state index is 6.24. The van der Waals surface area contributed by atoms with Crippen molar-refractivity contribution < 1.29 is 4.42 Å². The van der Waals surface area contributed by atoms with Gasteiger partial charge in [-0.05, 0) is 81.9 Å². The predicted octanol–water partition coefficient (Wildman–Crippen LogP) is 11.9. The number of benzene rings is 7. The molecule has 1 spiro atoms. The molecular formula is C43H27NOS. The molecule has 1 aliphatic carbocycles. The van der Waals surface area contributed by atoms with Gasteiger partial charge in [0.25, 0.3) is 0 Å². The van der Waals surface area contributed by atoms with E-state index in [0.717, 1.165) is 39.0 Å². The molecule has 2 nitrogen and oxygen atoms in total. The van der Waals surface area contributed by atoms with Crippen LogP contribution in [0.25, 0.3) is 33.1 Å². The summed E-state index contributed by atoms with van der Waals surface area (Å²) in [6, 6.07) is 59.5. The van der Waals surface area contributed by atoms with Gasteiger partial charge in [-0.25, -0.2) is 0 Å². The van der Waals surface area contributed by atoms with Crippen molar-refractivity contribution in [2.75, 3.05) is 4.90 Å². The summed E-state index contributed by atoms with van der Waals surface area (Å²) in [6.45, 7) is 0. The quantitative estimate of drug-likeness (QED) is 0.199. The molecule has 0 unspecified atom stereocenters. The lowest BCUT2D eigenvalue weighted by atomic mass is 9.67. The lowest BCUT2D eigenvalue weighted by molar-refractivity contribution is 0.669. The van der Waals surface area contributed by atoms with Crippen LogP contribution in [0.4, 0.5) is 17.1 Å². The van der Waals surface area contributed by atoms with Crippen LogP contribution >= 0.6 is 11.8 Å². The first-order chi connectivity index (χ1) is 22.8. The van der Waals surface area contributed by atoms with Crippen molar-refractivity contribution in [1.29, 1.82) is 0 Å². The largest absolute Gasteiger partial charge is 0.456 e. The van der Waals surface area contributed by atoms with Crippen molar-refractivity contribution >= 4 is 50.8 Å². The molecule has 0 N–H and O–H groups in total. The minimum absolute atomic E-state index is 0.423. The highest BCUT2D eigenvalue weighted by molar-refractivity contribution is 7.99. The van der Waals surface area contributed by atoms with Crippen molar-refractivity contribution in [1.82, 2.24) is 0 Å². The molecule has 7 aromatic carbocycles. The monoisotopic (exact) mass is 605 g/mol. The fourth-order valence-electron chi connectivity index (χ4n) is 7.90. The van der Waals surface area contributed by atoms with Gasteiger partial charge in [0.05, 0.1) is 11.1 Å². The Morgan fingerprint density at radius 2 is 1.09 bits per heavy atom. The van der Waals surface area contributed by atoms with Gasteiger partial charge in [0.15, 0.2) is 0 Å². The number of hydrogen-bond donors (Lipinski definition) is 0. The van der Waals surface area contributed by atoms with Crippen molar-refractivity contribution in [3.8, 4) is 11.1 Å². The number of furan rings is 1. The Balaban J connectivity index is 1.29. The summed E-state index contributed by atoms with van der Waals surface area (Å²) >= 11 is 1.88. The summed E-state index contributed by atoms with van der Waals surface area (Å²) in [5, 5.41) is 2.25. The average Bonchev–Trinajstić information content (AvgIpc) is 3.63. The van der Waals surface area contributed by atoms with Gasteiger partial charge >= 0.3 is 0 Å². The molecule has 1 aliphatic heterocycles. The van der Waals surface area contributed by atoms with Crippen molar-refractivity contribution in [2.45, 2.75) is 15.2 Å². The number of rotatable bonds is 3. The molecular weight excluding hydrogens is 579 g/mol. The van der Waals surface area contributed by atoms with Crippen LogP contribution in [0.2, 0.25) is 0 Å². The Morgan fingerprint density at radius 1 is 0.457 bits per heavy atom. The van der Waals surface area contributed by atoms with E-state index in [2.05, 4.69) is 157 Å². The van der Waals surface area contributed by atoms with Gasteiger partial charge in [0, 0.05) is 31.9 Å². The fraction of sp³-hybridized carbons (Fsp3) is 0.0233. The van der Waals surface area contributed by atoms with Crippen molar-refractivity contribution in [2.24, 2.45) is 0 Å². The molecule has 3 heteroatoms. The third kappa shape index (κ3) is 3.44. The van der Waals surface area contributed by atoms with E-state index in [9.17, 15) is 0 Å². The Kier molecular flexibility index (Phi) is 5.46. The number of anilines is 3. The van der Waals surface area contributed by atoms with E-state index in [1.54, 1.807) is 0 Å². The van der Waals surface area contributed by atoms with Crippen LogP contribution in [-0.2, 0) is 5.41 Å². The maximum absolute atomic E-state index is 6.24. The predicted molar refractivity (Wildman–Crippen MR) is 190 cm³/mol. The van der Waals surface area contributed by atoms with Crippen LogP contribution < -0.4 is 4.90 Å². The van der Waals surface area contributed by atoms with E-state index >= 15 is 0 Å². The summed E-state index contributed by atoms with van der Waals surface area (Å²) in [5.41, 5.74) is 12.7. The molecule has 2 aliphatic rings. The zero-order valence-electron chi connectivity index (χ0n) is 24.9. The molecule has 0 atom stereocenters. The summed E-state index contributed by atoms with van der Waals surface area (Å²) in [4.78, 5) is 4.98. The lowest BCUT2D eigenvalue weighted by Crippen LogP contribution is -2.32. The highest BCUT2D eigenvalue weighted by Crippen LogP contribution is 2.63. The molecule has 1 aromatic heterocycles. The Labute approximate surface area is 271 Å².